The Morgan fingerprint density at radius 2 is 1.56 bits per heavy atom. The van der Waals surface area contributed by atoms with Crippen LogP contribution < -0.4 is 26.2 Å². The van der Waals surface area contributed by atoms with Crippen LogP contribution in [-0.4, -0.2) is 66.6 Å². The van der Waals surface area contributed by atoms with Crippen LogP contribution in [-0.2, 0) is 0 Å². The molecule has 188 valence electrons. The Labute approximate surface area is 211 Å². The molecule has 1 aliphatic rings. The molecule has 0 radical (unpaired) electrons. The van der Waals surface area contributed by atoms with Crippen LogP contribution in [0.15, 0.2) is 54.9 Å². The number of likely N-dealkylation sites (N-methyl/N-ethyl adjacent to an activating group) is 1. The van der Waals surface area contributed by atoms with Crippen LogP contribution in [0.25, 0.3) is 0 Å². The number of hydrogen-bond donors (Lipinski definition) is 4. The topological polar surface area (TPSA) is 115 Å². The van der Waals surface area contributed by atoms with Crippen LogP contribution in [0.2, 0.25) is 0 Å². The summed E-state index contributed by atoms with van der Waals surface area (Å²) >= 11 is 0. The standard InChI is InChI=1S/C26H32N8O2/c1-4-27-26(36)32-20-6-5-18(2)23(15-20)24(35)30-21-16-28-25(29-17-21)31-19-7-9-22(10-8-19)34-13-11-33(3)12-14-34/h5-10,15-17H,4,11-14H2,1-3H3,(H,30,35)(H2,27,32,36)(H,28,29,31). The van der Waals surface area contributed by atoms with E-state index in [1.807, 2.05) is 26.0 Å². The molecule has 36 heavy (non-hydrogen) atoms. The number of aryl methyl sites for hydroxylation is 1. The monoisotopic (exact) mass is 488 g/mol. The van der Waals surface area contributed by atoms with Crippen LogP contribution in [0, 0.1) is 6.92 Å². The molecular weight excluding hydrogens is 456 g/mol. The smallest absolute Gasteiger partial charge is 0.319 e. The molecule has 4 N–H and O–H groups in total. The summed E-state index contributed by atoms with van der Waals surface area (Å²) in [7, 11) is 2.15. The molecular formula is C26H32N8O2. The molecule has 3 aromatic rings. The Morgan fingerprint density at radius 3 is 2.22 bits per heavy atom. The Bertz CT molecular complexity index is 1190. The first kappa shape index (κ1) is 24.9. The number of benzene rings is 2. The molecule has 2 aromatic carbocycles. The molecule has 1 aromatic heterocycles. The molecule has 0 aliphatic carbocycles. The van der Waals surface area contributed by atoms with E-state index >= 15 is 0 Å². The van der Waals surface area contributed by atoms with Crippen molar-refractivity contribution in [3.63, 3.8) is 0 Å². The third-order valence-electron chi connectivity index (χ3n) is 5.98. The fraction of sp³-hybridized carbons (Fsp3) is 0.308. The first-order valence-corrected chi connectivity index (χ1v) is 12.0. The highest BCUT2D eigenvalue weighted by atomic mass is 16.2. The normalized spacial score (nSPS) is 13.7. The SMILES string of the molecule is CCNC(=O)Nc1ccc(C)c(C(=O)Nc2cnc(Nc3ccc(N4CCN(C)CC4)cc3)nc2)c1. The highest BCUT2D eigenvalue weighted by Gasteiger charge is 2.15. The van der Waals surface area contributed by atoms with Crippen LogP contribution in [0.1, 0.15) is 22.8 Å². The second-order valence-corrected chi connectivity index (χ2v) is 8.73. The number of aromatic nitrogens is 2. The van der Waals surface area contributed by atoms with Gasteiger partial charge in [-0.2, -0.15) is 0 Å². The summed E-state index contributed by atoms with van der Waals surface area (Å²) in [5, 5.41) is 11.4. The third kappa shape index (κ3) is 6.48. The van der Waals surface area contributed by atoms with Gasteiger partial charge in [-0.3, -0.25) is 4.79 Å². The maximum absolute atomic E-state index is 12.8. The maximum Gasteiger partial charge on any atom is 0.319 e. The zero-order chi connectivity index (χ0) is 25.5. The summed E-state index contributed by atoms with van der Waals surface area (Å²) in [5.74, 6) is 0.125. The van der Waals surface area contributed by atoms with Gasteiger partial charge in [0.15, 0.2) is 0 Å². The second-order valence-electron chi connectivity index (χ2n) is 8.73. The number of urea groups is 1. The van der Waals surface area contributed by atoms with Crippen molar-refractivity contribution < 1.29 is 9.59 Å². The third-order valence-corrected chi connectivity index (χ3v) is 5.98. The molecule has 0 bridgehead atoms. The number of piperazine rings is 1. The molecule has 1 fully saturated rings. The quantitative estimate of drug-likeness (QED) is 0.401. The van der Waals surface area contributed by atoms with E-state index in [9.17, 15) is 9.59 Å². The summed E-state index contributed by atoms with van der Waals surface area (Å²) < 4.78 is 0. The molecule has 1 saturated heterocycles. The Hall–Kier alpha value is -4.18. The van der Waals surface area contributed by atoms with Crippen molar-refractivity contribution in [3.8, 4) is 0 Å². The van der Waals surface area contributed by atoms with E-state index in [-0.39, 0.29) is 11.9 Å². The molecule has 10 nitrogen and oxygen atoms in total. The average Bonchev–Trinajstić information content (AvgIpc) is 2.87. The minimum atomic E-state index is -0.321. The highest BCUT2D eigenvalue weighted by Crippen LogP contribution is 2.22. The van der Waals surface area contributed by atoms with Crippen molar-refractivity contribution >= 4 is 40.6 Å². The van der Waals surface area contributed by atoms with Gasteiger partial charge in [0.1, 0.15) is 0 Å². The van der Waals surface area contributed by atoms with E-state index in [4.69, 9.17) is 0 Å². The van der Waals surface area contributed by atoms with Crippen molar-refractivity contribution in [3.05, 3.63) is 66.0 Å². The zero-order valence-electron chi connectivity index (χ0n) is 20.8. The lowest BCUT2D eigenvalue weighted by Crippen LogP contribution is -2.44. The second kappa shape index (κ2) is 11.5. The van der Waals surface area contributed by atoms with Crippen LogP contribution >= 0.6 is 0 Å². The van der Waals surface area contributed by atoms with Crippen molar-refractivity contribution in [2.24, 2.45) is 0 Å². The Kier molecular flexibility index (Phi) is 7.96. The van der Waals surface area contributed by atoms with Gasteiger partial charge in [-0.25, -0.2) is 14.8 Å². The first-order chi connectivity index (χ1) is 17.4. The van der Waals surface area contributed by atoms with Gasteiger partial charge in [0, 0.05) is 55.3 Å². The van der Waals surface area contributed by atoms with Gasteiger partial charge >= 0.3 is 6.03 Å². The molecule has 1 aliphatic heterocycles. The molecule has 2 heterocycles. The van der Waals surface area contributed by atoms with Gasteiger partial charge in [-0.05, 0) is 62.9 Å². The number of carbonyl (C=O) groups is 2. The number of carbonyl (C=O) groups excluding carboxylic acids is 2. The maximum atomic E-state index is 12.8. The summed E-state index contributed by atoms with van der Waals surface area (Å²) in [6, 6.07) is 13.1. The van der Waals surface area contributed by atoms with Crippen LogP contribution in [0.4, 0.5) is 33.5 Å². The molecule has 0 spiro atoms. The van der Waals surface area contributed by atoms with Gasteiger partial charge in [0.2, 0.25) is 5.95 Å². The fourth-order valence-corrected chi connectivity index (χ4v) is 3.89. The zero-order valence-corrected chi connectivity index (χ0v) is 20.8. The minimum Gasteiger partial charge on any atom is -0.369 e. The number of hydrogen-bond acceptors (Lipinski definition) is 7. The number of rotatable bonds is 7. The lowest BCUT2D eigenvalue weighted by atomic mass is 10.1. The van der Waals surface area contributed by atoms with Crippen molar-refractivity contribution in [1.29, 1.82) is 0 Å². The summed E-state index contributed by atoms with van der Waals surface area (Å²) in [5.41, 5.74) is 4.33. The van der Waals surface area contributed by atoms with E-state index in [1.54, 1.807) is 30.6 Å². The van der Waals surface area contributed by atoms with E-state index in [0.717, 1.165) is 37.4 Å². The number of nitrogens with one attached hydrogen (secondary N) is 4. The average molecular weight is 489 g/mol. The van der Waals surface area contributed by atoms with Crippen molar-refractivity contribution in [1.82, 2.24) is 20.2 Å². The van der Waals surface area contributed by atoms with Gasteiger partial charge in [-0.15, -0.1) is 0 Å². The summed E-state index contributed by atoms with van der Waals surface area (Å²) in [6.45, 7) is 8.36. The van der Waals surface area contributed by atoms with Crippen molar-refractivity contribution in [2.75, 3.05) is 60.6 Å². The van der Waals surface area contributed by atoms with Crippen LogP contribution in [0.3, 0.4) is 0 Å². The molecule has 4 rings (SSSR count). The largest absolute Gasteiger partial charge is 0.369 e. The summed E-state index contributed by atoms with van der Waals surface area (Å²) in [4.78, 5) is 38.0. The van der Waals surface area contributed by atoms with Gasteiger partial charge in [0.25, 0.3) is 5.91 Å². The van der Waals surface area contributed by atoms with E-state index < -0.39 is 0 Å². The molecule has 0 unspecified atom stereocenters. The number of nitrogens with zero attached hydrogens (tertiary/aromatic N) is 4. The predicted molar refractivity (Wildman–Crippen MR) is 143 cm³/mol. The summed E-state index contributed by atoms with van der Waals surface area (Å²) in [6.07, 6.45) is 3.11. The van der Waals surface area contributed by atoms with Crippen molar-refractivity contribution in [2.45, 2.75) is 13.8 Å². The van der Waals surface area contributed by atoms with E-state index in [0.29, 0.717) is 29.4 Å². The lowest BCUT2D eigenvalue weighted by molar-refractivity contribution is 0.102. The van der Waals surface area contributed by atoms with Gasteiger partial charge in [0.05, 0.1) is 18.1 Å². The fourth-order valence-electron chi connectivity index (χ4n) is 3.89. The Morgan fingerprint density at radius 1 is 0.889 bits per heavy atom. The van der Waals surface area contributed by atoms with Gasteiger partial charge in [-0.1, -0.05) is 6.07 Å². The van der Waals surface area contributed by atoms with E-state index in [2.05, 4.69) is 60.2 Å². The molecule has 10 heteroatoms. The minimum absolute atomic E-state index is 0.309. The van der Waals surface area contributed by atoms with Gasteiger partial charge < -0.3 is 31.1 Å². The predicted octanol–water partition coefficient (Wildman–Crippen LogP) is 3.67. The first-order valence-electron chi connectivity index (χ1n) is 12.0. The van der Waals surface area contributed by atoms with E-state index in [1.165, 1.54) is 5.69 Å². The number of anilines is 5. The molecule has 3 amide bonds. The molecule has 0 atom stereocenters. The molecule has 0 saturated carbocycles. The lowest BCUT2D eigenvalue weighted by Gasteiger charge is -2.34. The number of amides is 3. The Balaban J connectivity index is 1.35. The van der Waals surface area contributed by atoms with Crippen LogP contribution in [0.5, 0.6) is 0 Å². The highest BCUT2D eigenvalue weighted by molar-refractivity contribution is 6.06.